The molecule has 0 N–H and O–H groups in total. The van der Waals surface area contributed by atoms with Crippen molar-refractivity contribution in [2.24, 2.45) is 0 Å². The molecule has 1 unspecified atom stereocenters. The Labute approximate surface area is 123 Å². The summed E-state index contributed by atoms with van der Waals surface area (Å²) in [6, 6.07) is 9.78. The van der Waals surface area contributed by atoms with E-state index >= 15 is 0 Å². The molecule has 1 atom stereocenters. The number of carbonyl (C=O) groups excluding carboxylic acids is 1. The second kappa shape index (κ2) is 5.60. The first-order valence-electron chi connectivity index (χ1n) is 7.02. The van der Waals surface area contributed by atoms with Crippen LogP contribution in [-0.4, -0.2) is 35.7 Å². The van der Waals surface area contributed by atoms with Gasteiger partial charge in [0.15, 0.2) is 0 Å². The summed E-state index contributed by atoms with van der Waals surface area (Å²) in [5.74, 6) is 1.53. The van der Waals surface area contributed by atoms with Crippen LogP contribution in [0.2, 0.25) is 0 Å². The van der Waals surface area contributed by atoms with Crippen molar-refractivity contribution in [3.63, 3.8) is 0 Å². The molecule has 0 spiro atoms. The van der Waals surface area contributed by atoms with E-state index in [1.807, 2.05) is 25.1 Å². The minimum absolute atomic E-state index is 0.00528. The molecule has 110 valence electrons. The highest BCUT2D eigenvalue weighted by atomic mass is 16.5. The number of carbonyl (C=O) groups is 1. The normalized spacial score (nSPS) is 16.4. The monoisotopic (exact) mass is 286 g/mol. The summed E-state index contributed by atoms with van der Waals surface area (Å²) >= 11 is 0. The molecule has 1 amide bonds. The third-order valence-corrected chi connectivity index (χ3v) is 3.62. The van der Waals surface area contributed by atoms with E-state index in [2.05, 4.69) is 11.2 Å². The highest BCUT2D eigenvalue weighted by molar-refractivity contribution is 5.77. The number of likely N-dealkylation sites (N-methyl/N-ethyl adjacent to an activating group) is 1. The Morgan fingerprint density at radius 1 is 1.43 bits per heavy atom. The highest BCUT2D eigenvalue weighted by Gasteiger charge is 2.25. The summed E-state index contributed by atoms with van der Waals surface area (Å²) in [6.45, 7) is 2.41. The fourth-order valence-electron chi connectivity index (χ4n) is 2.55. The molecule has 0 radical (unpaired) electrons. The number of fused-ring (bicyclic) bond motifs is 1. The molecule has 1 aliphatic heterocycles. The molecule has 0 bridgehead atoms. The van der Waals surface area contributed by atoms with Gasteiger partial charge in [-0.3, -0.25) is 4.79 Å². The van der Waals surface area contributed by atoms with Crippen molar-refractivity contribution in [3.8, 4) is 5.75 Å². The van der Waals surface area contributed by atoms with Crippen molar-refractivity contribution in [3.05, 3.63) is 47.3 Å². The van der Waals surface area contributed by atoms with Gasteiger partial charge in [-0.2, -0.15) is 0 Å². The first-order chi connectivity index (χ1) is 10.1. The predicted octanol–water partition coefficient (Wildman–Crippen LogP) is 1.99. The van der Waals surface area contributed by atoms with Gasteiger partial charge >= 0.3 is 0 Å². The number of nitrogens with zero attached hydrogens (tertiary/aromatic N) is 2. The summed E-state index contributed by atoms with van der Waals surface area (Å²) in [5, 5.41) is 3.79. The van der Waals surface area contributed by atoms with Gasteiger partial charge in [-0.15, -0.1) is 0 Å². The predicted molar refractivity (Wildman–Crippen MR) is 77.1 cm³/mol. The Hall–Kier alpha value is -2.30. The van der Waals surface area contributed by atoms with Crippen LogP contribution in [0.25, 0.3) is 0 Å². The van der Waals surface area contributed by atoms with Crippen LogP contribution in [0.15, 0.2) is 34.9 Å². The molecule has 1 aliphatic rings. The molecule has 3 rings (SSSR count). The Kier molecular flexibility index (Phi) is 3.64. The molecule has 2 heterocycles. The molecule has 2 aromatic rings. The molecule has 21 heavy (non-hydrogen) atoms. The average Bonchev–Trinajstić information content (AvgIpc) is 3.04. The second-order valence-corrected chi connectivity index (χ2v) is 5.44. The number of hydrogen-bond donors (Lipinski definition) is 0. The van der Waals surface area contributed by atoms with Gasteiger partial charge in [-0.05, 0) is 18.6 Å². The number of benzene rings is 1. The molecular formula is C16H18N2O3. The van der Waals surface area contributed by atoms with E-state index in [1.165, 1.54) is 5.56 Å². The maximum atomic E-state index is 12.2. The Morgan fingerprint density at radius 2 is 2.24 bits per heavy atom. The van der Waals surface area contributed by atoms with Gasteiger partial charge in [0.05, 0.1) is 18.7 Å². The van der Waals surface area contributed by atoms with Crippen LogP contribution in [0.3, 0.4) is 0 Å². The zero-order valence-electron chi connectivity index (χ0n) is 12.2. The van der Waals surface area contributed by atoms with Crippen LogP contribution >= 0.6 is 0 Å². The third kappa shape index (κ3) is 3.07. The SMILES string of the molecule is Cc1cc(CC(=O)N(C)CC2Cc3ccccc3O2)on1. The Balaban J connectivity index is 1.55. The van der Waals surface area contributed by atoms with Crippen LogP contribution in [0.4, 0.5) is 0 Å². The zero-order chi connectivity index (χ0) is 14.8. The molecule has 0 saturated heterocycles. The van der Waals surface area contributed by atoms with Gasteiger partial charge in [0.25, 0.3) is 0 Å². The molecular weight excluding hydrogens is 268 g/mol. The second-order valence-electron chi connectivity index (χ2n) is 5.44. The van der Waals surface area contributed by atoms with Crippen LogP contribution in [0, 0.1) is 6.92 Å². The molecule has 0 saturated carbocycles. The maximum absolute atomic E-state index is 12.2. The first-order valence-corrected chi connectivity index (χ1v) is 7.02. The first kappa shape index (κ1) is 13.7. The van der Waals surface area contributed by atoms with Crippen LogP contribution in [-0.2, 0) is 17.6 Å². The summed E-state index contributed by atoms with van der Waals surface area (Å²) in [7, 11) is 1.79. The summed E-state index contributed by atoms with van der Waals surface area (Å²) < 4.78 is 10.9. The molecule has 1 aromatic carbocycles. The van der Waals surface area contributed by atoms with Crippen LogP contribution in [0.5, 0.6) is 5.75 Å². The molecule has 0 aliphatic carbocycles. The lowest BCUT2D eigenvalue weighted by Crippen LogP contribution is -2.37. The van der Waals surface area contributed by atoms with Gasteiger partial charge in [0.2, 0.25) is 5.91 Å². The Bertz CT molecular complexity index is 625. The third-order valence-electron chi connectivity index (χ3n) is 3.62. The van der Waals surface area contributed by atoms with E-state index < -0.39 is 0 Å². The molecule has 0 fully saturated rings. The quantitative estimate of drug-likeness (QED) is 0.862. The number of ether oxygens (including phenoxy) is 1. The van der Waals surface area contributed by atoms with Crippen molar-refractivity contribution >= 4 is 5.91 Å². The van der Waals surface area contributed by atoms with E-state index in [0.29, 0.717) is 12.3 Å². The summed E-state index contributed by atoms with van der Waals surface area (Å²) in [6.07, 6.45) is 1.10. The fourth-order valence-corrected chi connectivity index (χ4v) is 2.55. The van der Waals surface area contributed by atoms with Crippen molar-refractivity contribution in [2.75, 3.05) is 13.6 Å². The largest absolute Gasteiger partial charge is 0.488 e. The number of rotatable bonds is 4. The molecule has 1 aromatic heterocycles. The van der Waals surface area contributed by atoms with Crippen molar-refractivity contribution in [1.29, 1.82) is 0 Å². The van der Waals surface area contributed by atoms with Gasteiger partial charge in [-0.1, -0.05) is 23.4 Å². The van der Waals surface area contributed by atoms with E-state index in [4.69, 9.17) is 9.26 Å². The molecule has 5 heteroatoms. The van der Waals surface area contributed by atoms with E-state index in [0.717, 1.165) is 17.9 Å². The fraction of sp³-hybridized carbons (Fsp3) is 0.375. The van der Waals surface area contributed by atoms with E-state index in [-0.39, 0.29) is 18.4 Å². The van der Waals surface area contributed by atoms with E-state index in [9.17, 15) is 4.79 Å². The zero-order valence-corrected chi connectivity index (χ0v) is 12.2. The van der Waals surface area contributed by atoms with Gasteiger partial charge in [-0.25, -0.2) is 0 Å². The topological polar surface area (TPSA) is 55.6 Å². The maximum Gasteiger partial charge on any atom is 0.230 e. The smallest absolute Gasteiger partial charge is 0.230 e. The van der Waals surface area contributed by atoms with Crippen molar-refractivity contribution < 1.29 is 14.1 Å². The van der Waals surface area contributed by atoms with Crippen LogP contribution < -0.4 is 4.74 Å². The number of hydrogen-bond acceptors (Lipinski definition) is 4. The van der Waals surface area contributed by atoms with Gasteiger partial charge in [0, 0.05) is 19.5 Å². The van der Waals surface area contributed by atoms with E-state index in [1.54, 1.807) is 18.0 Å². The van der Waals surface area contributed by atoms with Crippen LogP contribution in [0.1, 0.15) is 17.0 Å². The lowest BCUT2D eigenvalue weighted by Gasteiger charge is -2.20. The minimum Gasteiger partial charge on any atom is -0.488 e. The van der Waals surface area contributed by atoms with Crippen molar-refractivity contribution in [2.45, 2.75) is 25.9 Å². The molecule has 5 nitrogen and oxygen atoms in total. The van der Waals surface area contributed by atoms with Crippen molar-refractivity contribution in [1.82, 2.24) is 10.1 Å². The van der Waals surface area contributed by atoms with Gasteiger partial charge < -0.3 is 14.2 Å². The standard InChI is InChI=1S/C16H18N2O3/c1-11-7-13(21-17-11)9-16(19)18(2)10-14-8-12-5-3-4-6-15(12)20-14/h3-7,14H,8-10H2,1-2H3. The average molecular weight is 286 g/mol. The lowest BCUT2D eigenvalue weighted by atomic mass is 10.1. The van der Waals surface area contributed by atoms with Gasteiger partial charge in [0.1, 0.15) is 17.6 Å². The summed E-state index contributed by atoms with van der Waals surface area (Å²) in [4.78, 5) is 13.9. The number of amides is 1. The highest BCUT2D eigenvalue weighted by Crippen LogP contribution is 2.28. The number of para-hydroxylation sites is 1. The number of aryl methyl sites for hydroxylation is 1. The minimum atomic E-state index is 0.00528. The summed E-state index contributed by atoms with van der Waals surface area (Å²) in [5.41, 5.74) is 1.99. The lowest BCUT2D eigenvalue weighted by molar-refractivity contribution is -0.130. The number of aromatic nitrogens is 1. The Morgan fingerprint density at radius 3 is 2.95 bits per heavy atom.